The molecule has 0 atom stereocenters. The third-order valence-corrected chi connectivity index (χ3v) is 2.44. The number of benzene rings is 1. The van der Waals surface area contributed by atoms with Gasteiger partial charge in [0, 0.05) is 4.47 Å². The Morgan fingerprint density at radius 2 is 2.12 bits per heavy atom. The van der Waals surface area contributed by atoms with Gasteiger partial charge < -0.3 is 15.5 Å². The lowest BCUT2D eigenvalue weighted by Crippen LogP contribution is -2.39. The summed E-state index contributed by atoms with van der Waals surface area (Å²) in [5.41, 5.74) is -0.117. The maximum Gasteiger partial charge on any atom is 0.287 e. The summed E-state index contributed by atoms with van der Waals surface area (Å²) in [6.07, 6.45) is 0. The molecule has 94 valence electrons. The van der Waals surface area contributed by atoms with Crippen LogP contribution in [0.5, 0.6) is 5.75 Å². The lowest BCUT2D eigenvalue weighted by molar-refractivity contribution is -0.0462. The summed E-state index contributed by atoms with van der Waals surface area (Å²) in [5, 5.41) is 19.6. The molecule has 1 aromatic carbocycles. The molecule has 0 spiro atoms. The summed E-state index contributed by atoms with van der Waals surface area (Å²) in [6, 6.07) is 4.08. The van der Waals surface area contributed by atoms with Crippen molar-refractivity contribution in [1.82, 2.24) is 5.32 Å². The standard InChI is InChI=1S/C10H10BrF2NO3/c11-6-1-2-8(16)7(3-6)9(17)14-4-10(12,13)5-15/h1-3,15-16H,4-5H2,(H,14,17). The molecule has 0 aliphatic rings. The van der Waals surface area contributed by atoms with Gasteiger partial charge in [0.15, 0.2) is 0 Å². The molecule has 17 heavy (non-hydrogen) atoms. The van der Waals surface area contributed by atoms with Crippen molar-refractivity contribution in [2.45, 2.75) is 5.92 Å². The van der Waals surface area contributed by atoms with Crippen molar-refractivity contribution in [3.63, 3.8) is 0 Å². The topological polar surface area (TPSA) is 69.6 Å². The summed E-state index contributed by atoms with van der Waals surface area (Å²) in [4.78, 5) is 11.5. The van der Waals surface area contributed by atoms with Gasteiger partial charge in [-0.2, -0.15) is 0 Å². The molecule has 0 heterocycles. The van der Waals surface area contributed by atoms with Crippen LogP contribution >= 0.6 is 15.9 Å². The van der Waals surface area contributed by atoms with Gasteiger partial charge in [-0.1, -0.05) is 15.9 Å². The average molecular weight is 310 g/mol. The first kappa shape index (κ1) is 13.9. The number of amides is 1. The highest BCUT2D eigenvalue weighted by Gasteiger charge is 2.28. The fourth-order valence-corrected chi connectivity index (χ4v) is 1.41. The smallest absolute Gasteiger partial charge is 0.287 e. The molecular weight excluding hydrogens is 300 g/mol. The maximum absolute atomic E-state index is 12.7. The first-order chi connectivity index (χ1) is 7.85. The van der Waals surface area contributed by atoms with Gasteiger partial charge in [-0.3, -0.25) is 4.79 Å². The van der Waals surface area contributed by atoms with E-state index < -0.39 is 25.0 Å². The van der Waals surface area contributed by atoms with E-state index in [2.05, 4.69) is 15.9 Å². The molecule has 0 aliphatic carbocycles. The number of hydrogen-bond acceptors (Lipinski definition) is 3. The summed E-state index contributed by atoms with van der Waals surface area (Å²) >= 11 is 3.09. The Kier molecular flexibility index (Phi) is 4.41. The lowest BCUT2D eigenvalue weighted by Gasteiger charge is -2.14. The van der Waals surface area contributed by atoms with E-state index in [4.69, 9.17) is 5.11 Å². The van der Waals surface area contributed by atoms with Crippen LogP contribution < -0.4 is 5.32 Å². The molecular formula is C10H10BrF2NO3. The van der Waals surface area contributed by atoms with Crippen molar-refractivity contribution < 1.29 is 23.8 Å². The van der Waals surface area contributed by atoms with E-state index >= 15 is 0 Å². The second-order valence-corrected chi connectivity index (χ2v) is 4.27. The molecule has 0 saturated heterocycles. The lowest BCUT2D eigenvalue weighted by atomic mass is 10.2. The Bertz CT molecular complexity index is 426. The molecule has 0 unspecified atom stereocenters. The summed E-state index contributed by atoms with van der Waals surface area (Å²) in [7, 11) is 0. The molecule has 0 saturated carbocycles. The van der Waals surface area contributed by atoms with E-state index in [0.717, 1.165) is 0 Å². The number of alkyl halides is 2. The van der Waals surface area contributed by atoms with Gasteiger partial charge in [0.2, 0.25) is 0 Å². The van der Waals surface area contributed by atoms with Crippen molar-refractivity contribution >= 4 is 21.8 Å². The Labute approximate surface area is 104 Å². The zero-order chi connectivity index (χ0) is 13.1. The summed E-state index contributed by atoms with van der Waals surface area (Å²) in [5.74, 6) is -4.52. The molecule has 3 N–H and O–H groups in total. The molecule has 1 aromatic rings. The number of hydrogen-bond donors (Lipinski definition) is 3. The van der Waals surface area contributed by atoms with Crippen LogP contribution in [-0.2, 0) is 0 Å². The minimum absolute atomic E-state index is 0.117. The largest absolute Gasteiger partial charge is 0.507 e. The number of phenols is 1. The second kappa shape index (κ2) is 5.42. The van der Waals surface area contributed by atoms with Gasteiger partial charge in [-0.25, -0.2) is 8.78 Å². The highest BCUT2D eigenvalue weighted by molar-refractivity contribution is 9.10. The Morgan fingerprint density at radius 1 is 1.47 bits per heavy atom. The van der Waals surface area contributed by atoms with Crippen LogP contribution in [0.3, 0.4) is 0 Å². The average Bonchev–Trinajstić information content (AvgIpc) is 2.29. The highest BCUT2D eigenvalue weighted by Crippen LogP contribution is 2.22. The van der Waals surface area contributed by atoms with Crippen LogP contribution in [0, 0.1) is 0 Å². The molecule has 1 amide bonds. The third-order valence-electron chi connectivity index (χ3n) is 1.94. The first-order valence-corrected chi connectivity index (χ1v) is 5.40. The summed E-state index contributed by atoms with van der Waals surface area (Å²) < 4.78 is 25.9. The van der Waals surface area contributed by atoms with Gasteiger partial charge in [0.25, 0.3) is 11.8 Å². The van der Waals surface area contributed by atoms with Crippen molar-refractivity contribution in [2.75, 3.05) is 13.2 Å². The number of aromatic hydroxyl groups is 1. The van der Waals surface area contributed by atoms with Crippen LogP contribution in [0.2, 0.25) is 0 Å². The monoisotopic (exact) mass is 309 g/mol. The highest BCUT2D eigenvalue weighted by atomic mass is 79.9. The van der Waals surface area contributed by atoms with Crippen LogP contribution in [0.4, 0.5) is 8.78 Å². The molecule has 7 heteroatoms. The number of rotatable bonds is 4. The quantitative estimate of drug-likeness (QED) is 0.789. The Balaban J connectivity index is 2.74. The Hall–Kier alpha value is -1.21. The predicted octanol–water partition coefficient (Wildman–Crippen LogP) is 1.51. The number of aliphatic hydroxyl groups excluding tert-OH is 1. The van der Waals surface area contributed by atoms with Crippen molar-refractivity contribution in [1.29, 1.82) is 0 Å². The first-order valence-electron chi connectivity index (χ1n) is 4.61. The number of phenolic OH excluding ortho intramolecular Hbond substituents is 1. The van der Waals surface area contributed by atoms with Gasteiger partial charge in [-0.05, 0) is 18.2 Å². The minimum atomic E-state index is -3.38. The molecule has 0 aliphatic heterocycles. The second-order valence-electron chi connectivity index (χ2n) is 3.36. The summed E-state index contributed by atoms with van der Waals surface area (Å²) in [6.45, 7) is -2.34. The van der Waals surface area contributed by atoms with Gasteiger partial charge in [-0.15, -0.1) is 0 Å². The molecule has 0 radical (unpaired) electrons. The van der Waals surface area contributed by atoms with Crippen molar-refractivity contribution in [3.05, 3.63) is 28.2 Å². The van der Waals surface area contributed by atoms with Crippen LogP contribution in [0.25, 0.3) is 0 Å². The van der Waals surface area contributed by atoms with E-state index in [1.807, 2.05) is 5.32 Å². The van der Waals surface area contributed by atoms with E-state index in [9.17, 15) is 18.7 Å². The van der Waals surface area contributed by atoms with Crippen molar-refractivity contribution in [3.8, 4) is 5.75 Å². The third kappa shape index (κ3) is 3.94. The zero-order valence-electron chi connectivity index (χ0n) is 8.58. The van der Waals surface area contributed by atoms with Crippen LogP contribution in [0.1, 0.15) is 10.4 Å². The molecule has 0 bridgehead atoms. The number of nitrogens with one attached hydrogen (secondary N) is 1. The van der Waals surface area contributed by atoms with E-state index in [1.54, 1.807) is 0 Å². The molecule has 0 aromatic heterocycles. The fraction of sp³-hybridized carbons (Fsp3) is 0.300. The number of carbonyl (C=O) groups is 1. The van der Waals surface area contributed by atoms with E-state index in [0.29, 0.717) is 4.47 Å². The number of halogens is 3. The van der Waals surface area contributed by atoms with Crippen molar-refractivity contribution in [2.24, 2.45) is 0 Å². The van der Waals surface area contributed by atoms with Gasteiger partial charge >= 0.3 is 0 Å². The fourth-order valence-electron chi connectivity index (χ4n) is 1.05. The molecule has 4 nitrogen and oxygen atoms in total. The predicted molar refractivity (Wildman–Crippen MR) is 60.2 cm³/mol. The van der Waals surface area contributed by atoms with Gasteiger partial charge in [0.05, 0.1) is 12.1 Å². The number of carbonyl (C=O) groups excluding carboxylic acids is 1. The minimum Gasteiger partial charge on any atom is -0.507 e. The SMILES string of the molecule is O=C(NCC(F)(F)CO)c1cc(Br)ccc1O. The Morgan fingerprint density at radius 3 is 2.71 bits per heavy atom. The molecule has 0 fully saturated rings. The maximum atomic E-state index is 12.7. The zero-order valence-corrected chi connectivity index (χ0v) is 10.2. The van der Waals surface area contributed by atoms with Crippen LogP contribution in [0.15, 0.2) is 22.7 Å². The van der Waals surface area contributed by atoms with E-state index in [1.165, 1.54) is 18.2 Å². The van der Waals surface area contributed by atoms with E-state index in [-0.39, 0.29) is 11.3 Å². The van der Waals surface area contributed by atoms with Crippen LogP contribution in [-0.4, -0.2) is 35.2 Å². The van der Waals surface area contributed by atoms with Gasteiger partial charge in [0.1, 0.15) is 12.4 Å². The normalized spacial score (nSPS) is 11.3. The molecule has 1 rings (SSSR count). The number of aliphatic hydroxyl groups is 1.